The van der Waals surface area contributed by atoms with Crippen molar-refractivity contribution in [3.8, 4) is 0 Å². The molecule has 22 heavy (non-hydrogen) atoms. The van der Waals surface area contributed by atoms with Gasteiger partial charge in [-0.25, -0.2) is 13.2 Å². The summed E-state index contributed by atoms with van der Waals surface area (Å²) in [5.74, 6) is -2.14. The van der Waals surface area contributed by atoms with Gasteiger partial charge in [-0.3, -0.25) is 0 Å². The number of thiocarbonyl (C=S) groups is 1. The monoisotopic (exact) mass is 324 g/mol. The van der Waals surface area contributed by atoms with Gasteiger partial charge >= 0.3 is 0 Å². The van der Waals surface area contributed by atoms with Crippen molar-refractivity contribution in [1.82, 2.24) is 5.32 Å². The van der Waals surface area contributed by atoms with Crippen molar-refractivity contribution in [1.29, 1.82) is 0 Å². The predicted molar refractivity (Wildman–Crippen MR) is 85.3 cm³/mol. The number of hydrogen-bond donors (Lipinski definition) is 2. The fraction of sp³-hybridized carbons (Fsp3) is 0.188. The number of aryl methyl sites for hydroxylation is 1. The molecule has 0 heterocycles. The molecule has 0 aliphatic rings. The number of benzene rings is 2. The van der Waals surface area contributed by atoms with Crippen LogP contribution in [0.5, 0.6) is 0 Å². The molecule has 0 bridgehead atoms. The molecule has 0 aromatic heterocycles. The van der Waals surface area contributed by atoms with Gasteiger partial charge in [-0.15, -0.1) is 0 Å². The second-order valence-corrected chi connectivity index (χ2v) is 5.37. The van der Waals surface area contributed by atoms with Gasteiger partial charge in [0.15, 0.2) is 16.7 Å². The van der Waals surface area contributed by atoms with E-state index < -0.39 is 11.6 Å². The molecule has 2 rings (SSSR count). The van der Waals surface area contributed by atoms with Gasteiger partial charge in [0.25, 0.3) is 0 Å². The summed E-state index contributed by atoms with van der Waals surface area (Å²) < 4.78 is 39.6. The van der Waals surface area contributed by atoms with Gasteiger partial charge in [0.2, 0.25) is 0 Å². The van der Waals surface area contributed by atoms with Crippen LogP contribution in [0.15, 0.2) is 36.4 Å². The molecule has 0 saturated carbocycles. The Balaban J connectivity index is 2.01. The lowest BCUT2D eigenvalue weighted by atomic mass is 10.1. The Bertz CT molecular complexity index is 704. The third-order valence-electron chi connectivity index (χ3n) is 3.22. The molecule has 0 amide bonds. The van der Waals surface area contributed by atoms with Crippen LogP contribution >= 0.6 is 12.2 Å². The molecular formula is C16H15F3N2S. The molecular weight excluding hydrogens is 309 g/mol. The topological polar surface area (TPSA) is 24.1 Å². The van der Waals surface area contributed by atoms with Gasteiger partial charge in [-0.1, -0.05) is 12.1 Å². The molecule has 0 aliphatic heterocycles. The minimum atomic E-state index is -0.911. The average Bonchev–Trinajstić information content (AvgIpc) is 2.45. The van der Waals surface area contributed by atoms with Gasteiger partial charge in [-0.2, -0.15) is 0 Å². The smallest absolute Gasteiger partial charge is 0.171 e. The summed E-state index contributed by atoms with van der Waals surface area (Å²) in [4.78, 5) is 0. The fourth-order valence-electron chi connectivity index (χ4n) is 1.90. The molecule has 2 aromatic carbocycles. The highest BCUT2D eigenvalue weighted by Gasteiger charge is 2.10. The van der Waals surface area contributed by atoms with Crippen molar-refractivity contribution >= 4 is 23.0 Å². The van der Waals surface area contributed by atoms with Crippen molar-refractivity contribution in [2.24, 2.45) is 0 Å². The molecule has 2 aromatic rings. The summed E-state index contributed by atoms with van der Waals surface area (Å²) in [5, 5.41) is 6.05. The van der Waals surface area contributed by atoms with E-state index >= 15 is 0 Å². The minimum absolute atomic E-state index is 0.264. The van der Waals surface area contributed by atoms with E-state index in [0.29, 0.717) is 16.8 Å². The van der Waals surface area contributed by atoms with Gasteiger partial charge in [-0.05, 0) is 61.5 Å². The Morgan fingerprint density at radius 2 is 1.73 bits per heavy atom. The Morgan fingerprint density at radius 3 is 2.36 bits per heavy atom. The lowest BCUT2D eigenvalue weighted by Gasteiger charge is -2.17. The number of anilines is 1. The molecule has 0 radical (unpaired) electrons. The molecule has 0 fully saturated rings. The van der Waals surface area contributed by atoms with Crippen molar-refractivity contribution < 1.29 is 13.2 Å². The van der Waals surface area contributed by atoms with Gasteiger partial charge in [0.1, 0.15) is 5.82 Å². The molecule has 6 heteroatoms. The summed E-state index contributed by atoms with van der Waals surface area (Å²) >= 11 is 5.13. The van der Waals surface area contributed by atoms with E-state index in [1.54, 1.807) is 26.0 Å². The highest BCUT2D eigenvalue weighted by molar-refractivity contribution is 7.80. The van der Waals surface area contributed by atoms with E-state index in [9.17, 15) is 13.2 Å². The Kier molecular flexibility index (Phi) is 5.03. The first kappa shape index (κ1) is 16.3. The van der Waals surface area contributed by atoms with Crippen LogP contribution in [0.2, 0.25) is 0 Å². The second-order valence-electron chi connectivity index (χ2n) is 4.96. The molecule has 2 nitrogen and oxygen atoms in total. The highest BCUT2D eigenvalue weighted by atomic mass is 32.1. The predicted octanol–water partition coefficient (Wildman–Crippen LogP) is 4.46. The van der Waals surface area contributed by atoms with Crippen LogP contribution in [0.4, 0.5) is 18.9 Å². The zero-order valence-electron chi connectivity index (χ0n) is 12.1. The summed E-state index contributed by atoms with van der Waals surface area (Å²) in [5.41, 5.74) is 1.61. The van der Waals surface area contributed by atoms with Crippen LogP contribution in [0.1, 0.15) is 24.1 Å². The van der Waals surface area contributed by atoms with Gasteiger partial charge in [0, 0.05) is 5.69 Å². The van der Waals surface area contributed by atoms with E-state index in [2.05, 4.69) is 10.6 Å². The molecule has 0 aliphatic carbocycles. The van der Waals surface area contributed by atoms with Gasteiger partial charge in [0.05, 0.1) is 6.04 Å². The molecule has 116 valence electrons. The second kappa shape index (κ2) is 6.79. The normalized spacial score (nSPS) is 11.9. The van der Waals surface area contributed by atoms with E-state index in [4.69, 9.17) is 12.2 Å². The van der Waals surface area contributed by atoms with Crippen molar-refractivity contribution in [2.75, 3.05) is 5.32 Å². The number of halogens is 3. The summed E-state index contributed by atoms with van der Waals surface area (Å²) in [6, 6.07) is 8.00. The number of rotatable bonds is 3. The van der Waals surface area contributed by atoms with E-state index in [0.717, 1.165) is 12.1 Å². The Labute approximate surface area is 132 Å². The molecule has 2 N–H and O–H groups in total. The van der Waals surface area contributed by atoms with E-state index in [1.807, 2.05) is 0 Å². The SMILES string of the molecule is Cc1ccc(NC(=S)N[C@@H](C)c2ccc(F)c(F)c2)cc1F. The average molecular weight is 324 g/mol. The first-order valence-corrected chi connectivity index (χ1v) is 7.06. The van der Waals surface area contributed by atoms with Crippen LogP contribution in [0.3, 0.4) is 0 Å². The Hall–Kier alpha value is -2.08. The van der Waals surface area contributed by atoms with Crippen LogP contribution in [0, 0.1) is 24.4 Å². The third kappa shape index (κ3) is 3.98. The van der Waals surface area contributed by atoms with Gasteiger partial charge < -0.3 is 10.6 Å². The van der Waals surface area contributed by atoms with Crippen LogP contribution < -0.4 is 10.6 Å². The first-order chi connectivity index (χ1) is 10.4. The Morgan fingerprint density at radius 1 is 1.00 bits per heavy atom. The van der Waals surface area contributed by atoms with Crippen molar-refractivity contribution in [3.63, 3.8) is 0 Å². The molecule has 1 atom stereocenters. The maximum absolute atomic E-state index is 13.5. The lowest BCUT2D eigenvalue weighted by molar-refractivity contribution is 0.505. The van der Waals surface area contributed by atoms with Crippen LogP contribution in [0.25, 0.3) is 0 Å². The maximum atomic E-state index is 13.5. The van der Waals surface area contributed by atoms with E-state index in [1.165, 1.54) is 12.1 Å². The highest BCUT2D eigenvalue weighted by Crippen LogP contribution is 2.17. The zero-order chi connectivity index (χ0) is 16.3. The fourth-order valence-corrected chi connectivity index (χ4v) is 2.19. The quantitative estimate of drug-likeness (QED) is 0.815. The standard InChI is InChI=1S/C16H15F3N2S/c1-9-3-5-12(8-14(9)18)21-16(22)20-10(2)11-4-6-13(17)15(19)7-11/h3-8,10H,1-2H3,(H2,20,21,22)/t10-/m0/s1. The summed E-state index contributed by atoms with van der Waals surface area (Å²) in [6.07, 6.45) is 0. The third-order valence-corrected chi connectivity index (χ3v) is 3.44. The summed E-state index contributed by atoms with van der Waals surface area (Å²) in [7, 11) is 0. The summed E-state index contributed by atoms with van der Waals surface area (Å²) in [6.45, 7) is 3.43. The molecule has 0 spiro atoms. The number of nitrogens with one attached hydrogen (secondary N) is 2. The van der Waals surface area contributed by atoms with Crippen molar-refractivity contribution in [3.05, 3.63) is 65.0 Å². The van der Waals surface area contributed by atoms with Crippen LogP contribution in [-0.4, -0.2) is 5.11 Å². The maximum Gasteiger partial charge on any atom is 0.171 e. The lowest BCUT2D eigenvalue weighted by Crippen LogP contribution is -2.31. The molecule has 0 saturated heterocycles. The van der Waals surface area contributed by atoms with E-state index in [-0.39, 0.29) is 17.0 Å². The zero-order valence-corrected chi connectivity index (χ0v) is 12.9. The minimum Gasteiger partial charge on any atom is -0.356 e. The largest absolute Gasteiger partial charge is 0.356 e. The van der Waals surface area contributed by atoms with Crippen molar-refractivity contribution in [2.45, 2.75) is 19.9 Å². The molecule has 0 unspecified atom stereocenters. The first-order valence-electron chi connectivity index (χ1n) is 6.65. The van der Waals surface area contributed by atoms with Crippen LogP contribution in [-0.2, 0) is 0 Å². The number of hydrogen-bond acceptors (Lipinski definition) is 1.